The molecular formula is C12H17ClN2O2. The van der Waals surface area contributed by atoms with Crippen LogP contribution in [0.4, 0.5) is 5.69 Å². The Morgan fingerprint density at radius 1 is 1.53 bits per heavy atom. The number of carbonyl (C=O) groups excluding carboxylic acids is 1. The SMILES string of the molecule is Cc1c(Cl)cccc1NC(=O)C(C)NCCO. The van der Waals surface area contributed by atoms with Gasteiger partial charge in [0.2, 0.25) is 5.91 Å². The van der Waals surface area contributed by atoms with Crippen LogP contribution in [0.1, 0.15) is 12.5 Å². The summed E-state index contributed by atoms with van der Waals surface area (Å²) in [6, 6.07) is 5.01. The molecule has 1 rings (SSSR count). The predicted molar refractivity (Wildman–Crippen MR) is 69.4 cm³/mol. The smallest absolute Gasteiger partial charge is 0.241 e. The first-order valence-corrected chi connectivity index (χ1v) is 5.84. The first kappa shape index (κ1) is 14.0. The maximum Gasteiger partial charge on any atom is 0.241 e. The van der Waals surface area contributed by atoms with Crippen molar-refractivity contribution in [3.63, 3.8) is 0 Å². The molecule has 0 aromatic heterocycles. The highest BCUT2D eigenvalue weighted by atomic mass is 35.5. The molecule has 0 bridgehead atoms. The van der Waals surface area contributed by atoms with Crippen LogP contribution >= 0.6 is 11.6 Å². The molecule has 0 radical (unpaired) electrons. The highest BCUT2D eigenvalue weighted by Crippen LogP contribution is 2.22. The molecule has 5 heteroatoms. The number of aliphatic hydroxyl groups excluding tert-OH is 1. The molecule has 4 nitrogen and oxygen atoms in total. The zero-order chi connectivity index (χ0) is 12.8. The molecule has 1 unspecified atom stereocenters. The second kappa shape index (κ2) is 6.59. The number of carbonyl (C=O) groups is 1. The topological polar surface area (TPSA) is 61.4 Å². The maximum atomic E-state index is 11.8. The fourth-order valence-corrected chi connectivity index (χ4v) is 1.53. The number of anilines is 1. The van der Waals surface area contributed by atoms with Crippen LogP contribution in [0.15, 0.2) is 18.2 Å². The molecule has 0 spiro atoms. The largest absolute Gasteiger partial charge is 0.395 e. The molecule has 0 fully saturated rings. The second-order valence-electron chi connectivity index (χ2n) is 3.80. The van der Waals surface area contributed by atoms with E-state index in [1.54, 1.807) is 25.1 Å². The molecule has 1 aromatic carbocycles. The van der Waals surface area contributed by atoms with E-state index >= 15 is 0 Å². The van der Waals surface area contributed by atoms with Crippen molar-refractivity contribution in [1.82, 2.24) is 5.32 Å². The minimum atomic E-state index is -0.361. The third-order valence-electron chi connectivity index (χ3n) is 2.48. The molecule has 3 N–H and O–H groups in total. The van der Waals surface area contributed by atoms with E-state index in [0.717, 1.165) is 5.56 Å². The van der Waals surface area contributed by atoms with E-state index in [4.69, 9.17) is 16.7 Å². The average molecular weight is 257 g/mol. The number of halogens is 1. The maximum absolute atomic E-state index is 11.8. The fraction of sp³-hybridized carbons (Fsp3) is 0.417. The summed E-state index contributed by atoms with van der Waals surface area (Å²) in [5.74, 6) is -0.149. The Bertz CT molecular complexity index is 396. The van der Waals surface area contributed by atoms with Crippen molar-refractivity contribution in [2.45, 2.75) is 19.9 Å². The lowest BCUT2D eigenvalue weighted by atomic mass is 10.2. The molecule has 94 valence electrons. The Labute approximate surface area is 106 Å². The van der Waals surface area contributed by atoms with Gasteiger partial charge in [0.15, 0.2) is 0 Å². The van der Waals surface area contributed by atoms with Crippen LogP contribution in [-0.4, -0.2) is 30.2 Å². The van der Waals surface area contributed by atoms with Crippen LogP contribution in [0.3, 0.4) is 0 Å². The molecule has 1 aromatic rings. The standard InChI is InChI=1S/C12H17ClN2O2/c1-8-10(13)4-3-5-11(8)15-12(17)9(2)14-6-7-16/h3-5,9,14,16H,6-7H2,1-2H3,(H,15,17). The highest BCUT2D eigenvalue weighted by Gasteiger charge is 2.13. The van der Waals surface area contributed by atoms with Crippen LogP contribution in [-0.2, 0) is 4.79 Å². The van der Waals surface area contributed by atoms with Crippen LogP contribution in [0, 0.1) is 6.92 Å². The summed E-state index contributed by atoms with van der Waals surface area (Å²) in [6.07, 6.45) is 0. The normalized spacial score (nSPS) is 12.2. The van der Waals surface area contributed by atoms with Crippen LogP contribution in [0.2, 0.25) is 5.02 Å². The third kappa shape index (κ3) is 4.00. The lowest BCUT2D eigenvalue weighted by Crippen LogP contribution is -2.39. The van der Waals surface area contributed by atoms with E-state index in [9.17, 15) is 4.79 Å². The van der Waals surface area contributed by atoms with Crippen molar-refractivity contribution in [2.24, 2.45) is 0 Å². The minimum absolute atomic E-state index is 0.00775. The Hall–Kier alpha value is -1.10. The predicted octanol–water partition coefficient (Wildman–Crippen LogP) is 1.56. The Morgan fingerprint density at radius 3 is 2.88 bits per heavy atom. The summed E-state index contributed by atoms with van der Waals surface area (Å²) in [5, 5.41) is 15.0. The van der Waals surface area contributed by atoms with E-state index in [-0.39, 0.29) is 18.6 Å². The molecule has 0 aliphatic heterocycles. The van der Waals surface area contributed by atoms with E-state index in [0.29, 0.717) is 17.3 Å². The molecule has 0 heterocycles. The summed E-state index contributed by atoms with van der Waals surface area (Å²) in [7, 11) is 0. The lowest BCUT2D eigenvalue weighted by Gasteiger charge is -2.15. The van der Waals surface area contributed by atoms with E-state index in [1.807, 2.05) is 6.92 Å². The van der Waals surface area contributed by atoms with Crippen molar-refractivity contribution in [3.8, 4) is 0 Å². The van der Waals surface area contributed by atoms with Gasteiger partial charge in [0.1, 0.15) is 0 Å². The third-order valence-corrected chi connectivity index (χ3v) is 2.89. The molecule has 17 heavy (non-hydrogen) atoms. The minimum Gasteiger partial charge on any atom is -0.395 e. The van der Waals surface area contributed by atoms with Gasteiger partial charge in [-0.3, -0.25) is 4.79 Å². The summed E-state index contributed by atoms with van der Waals surface area (Å²) < 4.78 is 0. The second-order valence-corrected chi connectivity index (χ2v) is 4.21. The van der Waals surface area contributed by atoms with E-state index in [1.165, 1.54) is 0 Å². The summed E-state index contributed by atoms with van der Waals surface area (Å²) in [6.45, 7) is 3.99. The molecule has 0 aliphatic carbocycles. The molecule has 0 aliphatic rings. The quantitative estimate of drug-likeness (QED) is 0.749. The average Bonchev–Trinajstić information content (AvgIpc) is 2.31. The van der Waals surface area contributed by atoms with Gasteiger partial charge < -0.3 is 15.7 Å². The van der Waals surface area contributed by atoms with Gasteiger partial charge in [-0.25, -0.2) is 0 Å². The number of hydrogen-bond donors (Lipinski definition) is 3. The summed E-state index contributed by atoms with van der Waals surface area (Å²) >= 11 is 5.96. The van der Waals surface area contributed by atoms with Gasteiger partial charge in [-0.2, -0.15) is 0 Å². The van der Waals surface area contributed by atoms with Crippen molar-refractivity contribution in [1.29, 1.82) is 0 Å². The van der Waals surface area contributed by atoms with Crippen molar-refractivity contribution < 1.29 is 9.90 Å². The molecule has 0 saturated carbocycles. The lowest BCUT2D eigenvalue weighted by molar-refractivity contribution is -0.117. The molecule has 1 atom stereocenters. The number of rotatable bonds is 5. The van der Waals surface area contributed by atoms with Gasteiger partial charge in [-0.15, -0.1) is 0 Å². The van der Waals surface area contributed by atoms with Gasteiger partial charge in [0.25, 0.3) is 0 Å². The molecular weight excluding hydrogens is 240 g/mol. The number of amides is 1. The van der Waals surface area contributed by atoms with Crippen LogP contribution < -0.4 is 10.6 Å². The van der Waals surface area contributed by atoms with Gasteiger partial charge in [-0.05, 0) is 31.5 Å². The fourth-order valence-electron chi connectivity index (χ4n) is 1.36. The van der Waals surface area contributed by atoms with Crippen molar-refractivity contribution in [2.75, 3.05) is 18.5 Å². The van der Waals surface area contributed by atoms with E-state index < -0.39 is 0 Å². The number of hydrogen-bond acceptors (Lipinski definition) is 3. The van der Waals surface area contributed by atoms with Crippen molar-refractivity contribution >= 4 is 23.2 Å². The van der Waals surface area contributed by atoms with Gasteiger partial charge in [-0.1, -0.05) is 17.7 Å². The van der Waals surface area contributed by atoms with Gasteiger partial charge >= 0.3 is 0 Å². The Kier molecular flexibility index (Phi) is 5.41. The number of benzene rings is 1. The molecule has 1 amide bonds. The van der Waals surface area contributed by atoms with Crippen LogP contribution in [0.5, 0.6) is 0 Å². The first-order chi connectivity index (χ1) is 8.06. The van der Waals surface area contributed by atoms with Crippen molar-refractivity contribution in [3.05, 3.63) is 28.8 Å². The van der Waals surface area contributed by atoms with Gasteiger partial charge in [0.05, 0.1) is 12.6 Å². The first-order valence-electron chi connectivity index (χ1n) is 5.46. The zero-order valence-corrected chi connectivity index (χ0v) is 10.7. The Morgan fingerprint density at radius 2 is 2.24 bits per heavy atom. The van der Waals surface area contributed by atoms with Gasteiger partial charge in [0, 0.05) is 17.3 Å². The Balaban J connectivity index is 2.64. The number of nitrogens with one attached hydrogen (secondary N) is 2. The summed E-state index contributed by atoms with van der Waals surface area (Å²) in [4.78, 5) is 11.8. The molecule has 0 saturated heterocycles. The number of aliphatic hydroxyl groups is 1. The zero-order valence-electron chi connectivity index (χ0n) is 9.96. The van der Waals surface area contributed by atoms with E-state index in [2.05, 4.69) is 10.6 Å². The summed E-state index contributed by atoms with van der Waals surface area (Å²) in [5.41, 5.74) is 1.55. The monoisotopic (exact) mass is 256 g/mol. The van der Waals surface area contributed by atoms with Crippen LogP contribution in [0.25, 0.3) is 0 Å². The highest BCUT2D eigenvalue weighted by molar-refractivity contribution is 6.31.